The number of pyridine rings is 1. The molecule has 7 nitrogen and oxygen atoms in total. The molecule has 0 aliphatic heterocycles. The summed E-state index contributed by atoms with van der Waals surface area (Å²) in [7, 11) is 0.361. The van der Waals surface area contributed by atoms with Gasteiger partial charge in [-0.1, -0.05) is 31.2 Å². The van der Waals surface area contributed by atoms with Crippen LogP contribution in [0.5, 0.6) is 11.6 Å². The summed E-state index contributed by atoms with van der Waals surface area (Å²) >= 11 is 5.99. The van der Waals surface area contributed by atoms with Crippen molar-refractivity contribution in [3.8, 4) is 22.9 Å². The predicted octanol–water partition coefficient (Wildman–Crippen LogP) is 5.12. The van der Waals surface area contributed by atoms with E-state index >= 15 is 0 Å². The van der Waals surface area contributed by atoms with Crippen LogP contribution in [0.1, 0.15) is 11.1 Å². The average molecular weight is 506 g/mol. The van der Waals surface area contributed by atoms with E-state index < -0.39 is 19.6 Å². The molecular formula is C24H29ClFN3O4Si. The highest BCUT2D eigenvalue weighted by Gasteiger charge is 2.18. The van der Waals surface area contributed by atoms with Crippen molar-refractivity contribution in [3.63, 3.8) is 0 Å². The molecule has 0 unspecified atom stereocenters. The molecule has 0 amide bonds. The molecule has 3 aromatic rings. The van der Waals surface area contributed by atoms with Gasteiger partial charge in [-0.2, -0.15) is 0 Å². The van der Waals surface area contributed by atoms with Gasteiger partial charge in [0.2, 0.25) is 5.88 Å². The summed E-state index contributed by atoms with van der Waals surface area (Å²) in [5, 5.41) is 0.0515. The lowest BCUT2D eigenvalue weighted by atomic mass is 10.0. The first-order valence-electron chi connectivity index (χ1n) is 10.9. The van der Waals surface area contributed by atoms with Gasteiger partial charge in [0.15, 0.2) is 0 Å². The zero-order valence-electron chi connectivity index (χ0n) is 20.2. The van der Waals surface area contributed by atoms with Crippen molar-refractivity contribution < 1.29 is 13.9 Å². The van der Waals surface area contributed by atoms with Crippen LogP contribution in [0.3, 0.4) is 0 Å². The molecule has 2 heterocycles. The third-order valence-electron chi connectivity index (χ3n) is 5.43. The van der Waals surface area contributed by atoms with E-state index in [1.165, 1.54) is 4.57 Å². The molecule has 2 aromatic heterocycles. The molecule has 0 fully saturated rings. The molecule has 0 saturated heterocycles. The van der Waals surface area contributed by atoms with E-state index in [9.17, 15) is 14.0 Å². The fourth-order valence-corrected chi connectivity index (χ4v) is 4.45. The van der Waals surface area contributed by atoms with E-state index in [0.717, 1.165) is 28.4 Å². The Balaban J connectivity index is 1.91. The van der Waals surface area contributed by atoms with Gasteiger partial charge < -0.3 is 9.47 Å². The summed E-state index contributed by atoms with van der Waals surface area (Å²) in [6, 6.07) is 7.25. The monoisotopic (exact) mass is 505 g/mol. The highest BCUT2D eigenvalue weighted by atomic mass is 35.5. The molecule has 0 bridgehead atoms. The Morgan fingerprint density at radius 3 is 2.47 bits per heavy atom. The largest absolute Gasteiger partial charge is 0.438 e. The summed E-state index contributed by atoms with van der Waals surface area (Å²) < 4.78 is 27.1. The first-order valence-corrected chi connectivity index (χ1v) is 15.0. The molecule has 182 valence electrons. The van der Waals surface area contributed by atoms with E-state index in [-0.39, 0.29) is 23.2 Å². The van der Waals surface area contributed by atoms with E-state index in [2.05, 4.69) is 24.6 Å². The second-order valence-electron chi connectivity index (χ2n) is 9.42. The van der Waals surface area contributed by atoms with Crippen LogP contribution >= 0.6 is 11.6 Å². The molecule has 3 rings (SSSR count). The molecule has 0 radical (unpaired) electrons. The van der Waals surface area contributed by atoms with Gasteiger partial charge in [0.1, 0.15) is 23.3 Å². The Bertz CT molecular complexity index is 1290. The van der Waals surface area contributed by atoms with Crippen molar-refractivity contribution >= 4 is 19.7 Å². The average Bonchev–Trinajstić information content (AvgIpc) is 2.74. The zero-order valence-corrected chi connectivity index (χ0v) is 22.0. The number of rotatable bonds is 8. The van der Waals surface area contributed by atoms with Crippen LogP contribution in [-0.4, -0.2) is 28.8 Å². The highest BCUT2D eigenvalue weighted by molar-refractivity contribution is 6.76. The van der Waals surface area contributed by atoms with Crippen LogP contribution in [0.4, 0.5) is 4.39 Å². The Morgan fingerprint density at radius 2 is 1.85 bits per heavy atom. The number of halogens is 2. The number of ether oxygens (including phenoxy) is 2. The standard InChI is InChI=1S/C24H29ClFN3O4Si/c1-15-11-18(33-22-20(25)12-17(26)13-27-22)7-8-19(15)21-16(2)23(30)29(24(31)28(21)3)14-32-9-10-34(4,5)6/h7-8,11-13H,9-10,14H2,1-6H3. The maximum absolute atomic E-state index is 13.2. The van der Waals surface area contributed by atoms with E-state index in [1.54, 1.807) is 32.2 Å². The molecular weight excluding hydrogens is 477 g/mol. The van der Waals surface area contributed by atoms with Crippen molar-refractivity contribution in [2.24, 2.45) is 7.05 Å². The Morgan fingerprint density at radius 1 is 1.15 bits per heavy atom. The van der Waals surface area contributed by atoms with Crippen LogP contribution in [0.15, 0.2) is 40.1 Å². The Kier molecular flexibility index (Phi) is 7.79. The van der Waals surface area contributed by atoms with Crippen LogP contribution in [0.2, 0.25) is 30.7 Å². The normalized spacial score (nSPS) is 11.6. The van der Waals surface area contributed by atoms with Gasteiger partial charge in [-0.3, -0.25) is 9.36 Å². The molecule has 34 heavy (non-hydrogen) atoms. The van der Waals surface area contributed by atoms with E-state index in [1.807, 2.05) is 6.92 Å². The molecule has 0 aliphatic carbocycles. The minimum absolute atomic E-state index is 0.0515. The van der Waals surface area contributed by atoms with Gasteiger partial charge in [-0.25, -0.2) is 18.7 Å². The van der Waals surface area contributed by atoms with E-state index in [0.29, 0.717) is 29.2 Å². The second-order valence-corrected chi connectivity index (χ2v) is 15.4. The lowest BCUT2D eigenvalue weighted by Gasteiger charge is -2.18. The van der Waals surface area contributed by atoms with Crippen LogP contribution in [0, 0.1) is 19.7 Å². The predicted molar refractivity (Wildman–Crippen MR) is 134 cm³/mol. The van der Waals surface area contributed by atoms with Gasteiger partial charge in [-0.05, 0) is 49.7 Å². The molecule has 10 heteroatoms. The van der Waals surface area contributed by atoms with Crippen LogP contribution in [0.25, 0.3) is 11.3 Å². The van der Waals surface area contributed by atoms with Crippen LogP contribution < -0.4 is 16.0 Å². The zero-order chi connectivity index (χ0) is 25.2. The van der Waals surface area contributed by atoms with Gasteiger partial charge in [0.05, 0.1) is 11.9 Å². The van der Waals surface area contributed by atoms with Crippen molar-refractivity contribution in [2.75, 3.05) is 6.61 Å². The lowest BCUT2D eigenvalue weighted by molar-refractivity contribution is 0.0805. The SMILES string of the molecule is Cc1cc(Oc2ncc(F)cc2Cl)ccc1-c1c(C)c(=O)n(COCC[Si](C)(C)C)c(=O)n1C. The molecule has 0 atom stereocenters. The minimum Gasteiger partial charge on any atom is -0.438 e. The first kappa shape index (κ1) is 25.9. The smallest absolute Gasteiger partial charge is 0.333 e. The summed E-state index contributed by atoms with van der Waals surface area (Å²) in [6.45, 7) is 10.7. The fourth-order valence-electron chi connectivity index (χ4n) is 3.50. The summed E-state index contributed by atoms with van der Waals surface area (Å²) in [5.74, 6) is -0.0407. The quantitative estimate of drug-likeness (QED) is 0.313. The molecule has 0 spiro atoms. The molecule has 0 aliphatic rings. The topological polar surface area (TPSA) is 75.3 Å². The van der Waals surface area contributed by atoms with Crippen molar-refractivity contribution in [3.05, 3.63) is 73.3 Å². The third-order valence-corrected chi connectivity index (χ3v) is 7.41. The van der Waals surface area contributed by atoms with Gasteiger partial charge in [-0.15, -0.1) is 0 Å². The molecule has 0 N–H and O–H groups in total. The fraction of sp³-hybridized carbons (Fsp3) is 0.375. The lowest BCUT2D eigenvalue weighted by Crippen LogP contribution is -2.41. The number of hydrogen-bond acceptors (Lipinski definition) is 5. The first-order chi connectivity index (χ1) is 15.9. The molecule has 0 saturated carbocycles. The second kappa shape index (κ2) is 10.2. The maximum Gasteiger partial charge on any atom is 0.333 e. The molecule has 1 aromatic carbocycles. The number of hydrogen-bond donors (Lipinski definition) is 0. The summed E-state index contributed by atoms with van der Waals surface area (Å²) in [5.41, 5.74) is 1.63. The summed E-state index contributed by atoms with van der Waals surface area (Å²) in [4.78, 5) is 29.9. The highest BCUT2D eigenvalue weighted by Crippen LogP contribution is 2.31. The Labute approximate surface area is 203 Å². The van der Waals surface area contributed by atoms with Gasteiger partial charge in [0, 0.05) is 32.9 Å². The van der Waals surface area contributed by atoms with Crippen molar-refractivity contribution in [2.45, 2.75) is 46.3 Å². The van der Waals surface area contributed by atoms with Crippen LogP contribution in [-0.2, 0) is 18.5 Å². The summed E-state index contributed by atoms with van der Waals surface area (Å²) in [6.07, 6.45) is 1.02. The van der Waals surface area contributed by atoms with Crippen molar-refractivity contribution in [1.82, 2.24) is 14.1 Å². The Hall–Kier alpha value is -2.75. The number of aromatic nitrogens is 3. The third kappa shape index (κ3) is 5.83. The van der Waals surface area contributed by atoms with Gasteiger partial charge in [0.25, 0.3) is 5.56 Å². The number of nitrogens with zero attached hydrogens (tertiary/aromatic N) is 3. The van der Waals surface area contributed by atoms with Crippen molar-refractivity contribution in [1.29, 1.82) is 0 Å². The number of benzene rings is 1. The van der Waals surface area contributed by atoms with Gasteiger partial charge >= 0.3 is 5.69 Å². The van der Waals surface area contributed by atoms with E-state index in [4.69, 9.17) is 21.1 Å². The maximum atomic E-state index is 13.2. The number of aryl methyl sites for hydroxylation is 1. The minimum atomic E-state index is -1.27.